The number of piperidine rings is 1. The van der Waals surface area contributed by atoms with Gasteiger partial charge in [-0.2, -0.15) is 5.10 Å². The van der Waals surface area contributed by atoms with Crippen molar-refractivity contribution in [1.82, 2.24) is 14.7 Å². The van der Waals surface area contributed by atoms with Crippen LogP contribution < -0.4 is 5.73 Å². The van der Waals surface area contributed by atoms with Crippen LogP contribution in [0.5, 0.6) is 0 Å². The lowest BCUT2D eigenvalue weighted by molar-refractivity contribution is 0.148. The molecule has 1 aromatic rings. The summed E-state index contributed by atoms with van der Waals surface area (Å²) in [7, 11) is 2.00. The molecular formula is C12H22N4. The third kappa shape index (κ3) is 2.28. The first-order valence-corrected chi connectivity index (χ1v) is 6.16. The predicted octanol–water partition coefficient (Wildman–Crippen LogP) is 1.25. The fraction of sp³-hybridized carbons (Fsp3) is 0.750. The summed E-state index contributed by atoms with van der Waals surface area (Å²) in [5.41, 5.74) is 8.19. The van der Waals surface area contributed by atoms with E-state index in [1.54, 1.807) is 0 Å². The van der Waals surface area contributed by atoms with Gasteiger partial charge in [-0.05, 0) is 26.3 Å². The molecule has 2 N–H and O–H groups in total. The van der Waals surface area contributed by atoms with Crippen LogP contribution in [0.2, 0.25) is 0 Å². The van der Waals surface area contributed by atoms with Crippen molar-refractivity contribution in [2.75, 3.05) is 6.54 Å². The molecule has 0 radical (unpaired) electrons. The van der Waals surface area contributed by atoms with Crippen molar-refractivity contribution in [1.29, 1.82) is 0 Å². The highest BCUT2D eigenvalue weighted by Crippen LogP contribution is 2.20. The molecule has 16 heavy (non-hydrogen) atoms. The molecule has 1 atom stereocenters. The largest absolute Gasteiger partial charge is 0.326 e. The summed E-state index contributed by atoms with van der Waals surface area (Å²) in [6.07, 6.45) is 5.90. The normalized spacial score (nSPS) is 22.6. The van der Waals surface area contributed by atoms with E-state index in [0.29, 0.717) is 12.6 Å². The van der Waals surface area contributed by atoms with E-state index in [9.17, 15) is 0 Å². The SMILES string of the molecule is CC1CCCCN1Cc1c(CN)cnn1C. The molecule has 1 unspecified atom stereocenters. The Morgan fingerprint density at radius 3 is 3.00 bits per heavy atom. The predicted molar refractivity (Wildman–Crippen MR) is 64.8 cm³/mol. The van der Waals surface area contributed by atoms with E-state index in [4.69, 9.17) is 5.73 Å². The van der Waals surface area contributed by atoms with Crippen LogP contribution in [0.1, 0.15) is 37.4 Å². The molecule has 90 valence electrons. The van der Waals surface area contributed by atoms with Gasteiger partial charge in [-0.1, -0.05) is 6.42 Å². The van der Waals surface area contributed by atoms with Gasteiger partial charge in [0.1, 0.15) is 0 Å². The fourth-order valence-corrected chi connectivity index (χ4v) is 2.47. The summed E-state index contributed by atoms with van der Waals surface area (Å²) in [5, 5.41) is 4.29. The van der Waals surface area contributed by atoms with Crippen molar-refractivity contribution in [3.8, 4) is 0 Å². The van der Waals surface area contributed by atoms with E-state index in [-0.39, 0.29) is 0 Å². The Balaban J connectivity index is 2.09. The monoisotopic (exact) mass is 222 g/mol. The molecule has 1 aliphatic rings. The number of likely N-dealkylation sites (tertiary alicyclic amines) is 1. The van der Waals surface area contributed by atoms with Gasteiger partial charge in [-0.15, -0.1) is 0 Å². The lowest BCUT2D eigenvalue weighted by Gasteiger charge is -2.33. The zero-order valence-electron chi connectivity index (χ0n) is 10.3. The molecule has 1 aliphatic heterocycles. The van der Waals surface area contributed by atoms with E-state index in [1.807, 2.05) is 17.9 Å². The smallest absolute Gasteiger partial charge is 0.0566 e. The van der Waals surface area contributed by atoms with Crippen LogP contribution >= 0.6 is 0 Å². The van der Waals surface area contributed by atoms with Crippen LogP contribution in [-0.4, -0.2) is 27.3 Å². The molecule has 1 fully saturated rings. The Morgan fingerprint density at radius 1 is 1.50 bits per heavy atom. The van der Waals surface area contributed by atoms with Crippen LogP contribution in [0.3, 0.4) is 0 Å². The average Bonchev–Trinajstić information content (AvgIpc) is 2.63. The second-order valence-electron chi connectivity index (χ2n) is 4.76. The van der Waals surface area contributed by atoms with Crippen LogP contribution in [0.15, 0.2) is 6.20 Å². The minimum Gasteiger partial charge on any atom is -0.326 e. The molecule has 1 saturated heterocycles. The highest BCUT2D eigenvalue weighted by molar-refractivity contribution is 5.17. The first-order valence-electron chi connectivity index (χ1n) is 6.16. The third-order valence-electron chi connectivity index (χ3n) is 3.66. The second-order valence-corrected chi connectivity index (χ2v) is 4.76. The number of nitrogens with two attached hydrogens (primary N) is 1. The van der Waals surface area contributed by atoms with E-state index in [0.717, 1.165) is 6.54 Å². The topological polar surface area (TPSA) is 47.1 Å². The number of hydrogen-bond acceptors (Lipinski definition) is 3. The molecule has 0 bridgehead atoms. The van der Waals surface area contributed by atoms with Crippen molar-refractivity contribution in [2.45, 2.75) is 45.3 Å². The van der Waals surface area contributed by atoms with Gasteiger partial charge in [0.15, 0.2) is 0 Å². The molecule has 0 spiro atoms. The molecule has 1 aromatic heterocycles. The van der Waals surface area contributed by atoms with Crippen LogP contribution in [-0.2, 0) is 20.1 Å². The zero-order valence-corrected chi connectivity index (χ0v) is 10.3. The minimum atomic E-state index is 0.589. The highest BCUT2D eigenvalue weighted by atomic mass is 15.3. The maximum Gasteiger partial charge on any atom is 0.0566 e. The second kappa shape index (κ2) is 4.97. The Kier molecular flexibility index (Phi) is 3.61. The van der Waals surface area contributed by atoms with Crippen molar-refractivity contribution in [3.05, 3.63) is 17.5 Å². The maximum absolute atomic E-state index is 5.73. The summed E-state index contributed by atoms with van der Waals surface area (Å²) in [4.78, 5) is 2.54. The summed E-state index contributed by atoms with van der Waals surface area (Å²) < 4.78 is 1.96. The molecule has 0 saturated carbocycles. The van der Waals surface area contributed by atoms with Crippen molar-refractivity contribution in [3.63, 3.8) is 0 Å². The summed E-state index contributed by atoms with van der Waals surface area (Å²) >= 11 is 0. The Labute approximate surface area is 97.4 Å². The number of aromatic nitrogens is 2. The Bertz CT molecular complexity index is 345. The summed E-state index contributed by atoms with van der Waals surface area (Å²) in [6.45, 7) is 5.10. The van der Waals surface area contributed by atoms with E-state index in [1.165, 1.54) is 37.1 Å². The van der Waals surface area contributed by atoms with Crippen molar-refractivity contribution >= 4 is 0 Å². The molecule has 2 heterocycles. The first-order chi connectivity index (χ1) is 7.72. The van der Waals surface area contributed by atoms with Gasteiger partial charge < -0.3 is 5.73 Å². The molecule has 4 nitrogen and oxygen atoms in total. The molecule has 0 amide bonds. The zero-order chi connectivity index (χ0) is 11.5. The van der Waals surface area contributed by atoms with Crippen molar-refractivity contribution < 1.29 is 0 Å². The van der Waals surface area contributed by atoms with Gasteiger partial charge in [0.05, 0.1) is 11.9 Å². The standard InChI is InChI=1S/C12H22N4/c1-10-5-3-4-6-16(10)9-12-11(7-13)8-14-15(12)2/h8,10H,3-7,9,13H2,1-2H3. The van der Waals surface area contributed by atoms with Gasteiger partial charge in [0, 0.05) is 31.7 Å². The molecular weight excluding hydrogens is 200 g/mol. The quantitative estimate of drug-likeness (QED) is 0.837. The first kappa shape index (κ1) is 11.6. The lowest BCUT2D eigenvalue weighted by Crippen LogP contribution is -2.37. The van der Waals surface area contributed by atoms with Gasteiger partial charge in [0.25, 0.3) is 0 Å². The Hall–Kier alpha value is -0.870. The van der Waals surface area contributed by atoms with E-state index < -0.39 is 0 Å². The van der Waals surface area contributed by atoms with Crippen LogP contribution in [0.4, 0.5) is 0 Å². The molecule has 2 rings (SSSR count). The average molecular weight is 222 g/mol. The van der Waals surface area contributed by atoms with Gasteiger partial charge in [0.2, 0.25) is 0 Å². The van der Waals surface area contributed by atoms with Crippen LogP contribution in [0.25, 0.3) is 0 Å². The molecule has 0 aliphatic carbocycles. The van der Waals surface area contributed by atoms with Gasteiger partial charge in [-0.3, -0.25) is 9.58 Å². The van der Waals surface area contributed by atoms with Gasteiger partial charge >= 0.3 is 0 Å². The summed E-state index contributed by atoms with van der Waals surface area (Å²) in [6, 6.07) is 0.689. The highest BCUT2D eigenvalue weighted by Gasteiger charge is 2.20. The summed E-state index contributed by atoms with van der Waals surface area (Å²) in [5.74, 6) is 0. The van der Waals surface area contributed by atoms with Crippen LogP contribution in [0, 0.1) is 0 Å². The Morgan fingerprint density at radius 2 is 2.31 bits per heavy atom. The van der Waals surface area contributed by atoms with Crippen molar-refractivity contribution in [2.24, 2.45) is 12.8 Å². The molecule has 4 heteroatoms. The molecule has 0 aromatic carbocycles. The van der Waals surface area contributed by atoms with E-state index >= 15 is 0 Å². The fourth-order valence-electron chi connectivity index (χ4n) is 2.47. The number of aryl methyl sites for hydroxylation is 1. The number of rotatable bonds is 3. The third-order valence-corrected chi connectivity index (χ3v) is 3.66. The van der Waals surface area contributed by atoms with E-state index in [2.05, 4.69) is 16.9 Å². The number of hydrogen-bond donors (Lipinski definition) is 1. The van der Waals surface area contributed by atoms with Gasteiger partial charge in [-0.25, -0.2) is 0 Å². The minimum absolute atomic E-state index is 0.589. The lowest BCUT2D eigenvalue weighted by atomic mass is 10.0. The number of nitrogens with zero attached hydrogens (tertiary/aromatic N) is 3. The maximum atomic E-state index is 5.73.